The number of hydrogen-bond acceptors (Lipinski definition) is 6. The highest BCUT2D eigenvalue weighted by Crippen LogP contribution is 2.26. The number of amides is 1. The summed E-state index contributed by atoms with van der Waals surface area (Å²) in [4.78, 5) is 29.5. The Balaban J connectivity index is 1.68. The highest BCUT2D eigenvalue weighted by Gasteiger charge is 2.39. The molecule has 1 unspecified atom stereocenters. The van der Waals surface area contributed by atoms with Gasteiger partial charge in [-0.2, -0.15) is 26.3 Å². The van der Waals surface area contributed by atoms with Crippen molar-refractivity contribution in [2.75, 3.05) is 6.54 Å². The van der Waals surface area contributed by atoms with Crippen LogP contribution in [0, 0.1) is 0 Å². The lowest BCUT2D eigenvalue weighted by Crippen LogP contribution is -2.37. The molecule has 0 bridgehead atoms. The number of para-hydroxylation sites is 1. The van der Waals surface area contributed by atoms with Crippen LogP contribution in [0.25, 0.3) is 17.1 Å². The monoisotopic (exact) mass is 623 g/mol. The Morgan fingerprint density at radius 2 is 1.71 bits per heavy atom. The second-order valence-corrected chi connectivity index (χ2v) is 9.32. The number of carbonyl (C=O) groups excluding carboxylic acids is 1. The maximum absolute atomic E-state index is 13.1. The lowest BCUT2D eigenvalue weighted by molar-refractivity contribution is -0.207. The van der Waals surface area contributed by atoms with Crippen LogP contribution in [0.2, 0.25) is 10.0 Å². The van der Waals surface area contributed by atoms with Crippen LogP contribution in [0.15, 0.2) is 53.6 Å². The van der Waals surface area contributed by atoms with E-state index in [0.29, 0.717) is 9.59 Å². The summed E-state index contributed by atoms with van der Waals surface area (Å²) in [5.74, 6) is -1.41. The normalized spacial score (nSPS) is 12.9. The molecule has 0 radical (unpaired) electrons. The molecule has 4 rings (SSSR count). The van der Waals surface area contributed by atoms with Crippen molar-refractivity contribution in [1.82, 2.24) is 34.4 Å². The molecule has 0 saturated heterocycles. The van der Waals surface area contributed by atoms with Crippen LogP contribution >= 0.6 is 23.2 Å². The summed E-state index contributed by atoms with van der Waals surface area (Å²) in [5, 5.41) is 19.8. The van der Waals surface area contributed by atoms with Gasteiger partial charge in [0.25, 0.3) is 5.91 Å². The van der Waals surface area contributed by atoms with Gasteiger partial charge in [0.2, 0.25) is 0 Å². The third-order valence-corrected chi connectivity index (χ3v) is 6.06. The summed E-state index contributed by atoms with van der Waals surface area (Å²) in [5.41, 5.74) is -1.17. The maximum Gasteiger partial charge on any atom is 0.416 e. The molecule has 1 amide bonds. The average molecular weight is 624 g/mol. The number of aliphatic hydroxyl groups excluding tert-OH is 1. The maximum atomic E-state index is 13.1. The highest BCUT2D eigenvalue weighted by molar-refractivity contribution is 6.33. The van der Waals surface area contributed by atoms with Crippen LogP contribution in [-0.4, -0.2) is 65.1 Å². The number of carbonyl (C=O) groups is 1. The minimum Gasteiger partial charge on any atom is -0.382 e. The van der Waals surface area contributed by atoms with E-state index in [1.807, 2.05) is 0 Å². The first-order valence-electron chi connectivity index (χ1n) is 11.4. The largest absolute Gasteiger partial charge is 0.416 e. The van der Waals surface area contributed by atoms with Crippen LogP contribution in [0.4, 0.5) is 26.3 Å². The van der Waals surface area contributed by atoms with E-state index in [-0.39, 0.29) is 33.5 Å². The fourth-order valence-corrected chi connectivity index (χ4v) is 4.00. The molecule has 0 spiro atoms. The van der Waals surface area contributed by atoms with Crippen molar-refractivity contribution in [3.05, 3.63) is 80.7 Å². The summed E-state index contributed by atoms with van der Waals surface area (Å²) >= 11 is 12.1. The highest BCUT2D eigenvalue weighted by atomic mass is 35.5. The van der Waals surface area contributed by atoms with E-state index in [1.165, 1.54) is 42.5 Å². The SMILES string of the molecule is O=C(NCC(F)(F)F)c1cccc(Cl)c1-n1cnc(Cn2nc(-c3ccc(Cl)cc3)n(CC(O)C(F)(F)F)c2=O)n1. The number of nitrogens with one attached hydrogen (secondary N) is 1. The van der Waals surface area contributed by atoms with E-state index < -0.39 is 49.7 Å². The van der Waals surface area contributed by atoms with Gasteiger partial charge in [0.15, 0.2) is 17.8 Å². The van der Waals surface area contributed by atoms with E-state index in [1.54, 1.807) is 5.32 Å². The zero-order valence-electron chi connectivity index (χ0n) is 20.3. The Labute approximate surface area is 235 Å². The van der Waals surface area contributed by atoms with Crippen molar-refractivity contribution < 1.29 is 36.2 Å². The first-order chi connectivity index (χ1) is 19.1. The topological polar surface area (TPSA) is 120 Å². The molecular formula is C23H17Cl2F6N7O3. The minimum absolute atomic E-state index is 0.0614. The van der Waals surface area contributed by atoms with Crippen LogP contribution < -0.4 is 11.0 Å². The molecule has 0 saturated carbocycles. The number of rotatable bonds is 8. The van der Waals surface area contributed by atoms with Crippen molar-refractivity contribution in [3.8, 4) is 17.1 Å². The summed E-state index contributed by atoms with van der Waals surface area (Å²) in [6, 6.07) is 9.60. The number of benzene rings is 2. The predicted octanol–water partition coefficient (Wildman–Crippen LogP) is 3.86. The zero-order valence-corrected chi connectivity index (χ0v) is 21.8. The predicted molar refractivity (Wildman–Crippen MR) is 133 cm³/mol. The molecule has 18 heteroatoms. The van der Waals surface area contributed by atoms with Gasteiger partial charge < -0.3 is 10.4 Å². The van der Waals surface area contributed by atoms with Crippen LogP contribution in [0.1, 0.15) is 16.2 Å². The number of alkyl halides is 6. The number of aromatic nitrogens is 6. The quantitative estimate of drug-likeness (QED) is 0.288. The van der Waals surface area contributed by atoms with E-state index in [0.717, 1.165) is 15.7 Å². The molecule has 10 nitrogen and oxygen atoms in total. The molecule has 41 heavy (non-hydrogen) atoms. The summed E-state index contributed by atoms with van der Waals surface area (Å²) in [6.45, 7) is -3.22. The second-order valence-electron chi connectivity index (χ2n) is 8.48. The fraction of sp³-hybridized carbons (Fsp3) is 0.261. The van der Waals surface area contributed by atoms with Crippen LogP contribution in [-0.2, 0) is 13.1 Å². The number of hydrogen-bond donors (Lipinski definition) is 2. The van der Waals surface area contributed by atoms with Gasteiger partial charge in [-0.05, 0) is 36.4 Å². The number of aliphatic hydroxyl groups is 1. The Hall–Kier alpha value is -3.89. The average Bonchev–Trinajstić information content (AvgIpc) is 3.47. The molecule has 0 aliphatic carbocycles. The van der Waals surface area contributed by atoms with Crippen LogP contribution in [0.3, 0.4) is 0 Å². The molecule has 2 N–H and O–H groups in total. The van der Waals surface area contributed by atoms with Gasteiger partial charge in [0, 0.05) is 10.6 Å². The van der Waals surface area contributed by atoms with Crippen molar-refractivity contribution in [1.29, 1.82) is 0 Å². The third-order valence-electron chi connectivity index (χ3n) is 5.50. The first-order valence-corrected chi connectivity index (χ1v) is 12.1. The third kappa shape index (κ3) is 7.07. The second kappa shape index (κ2) is 11.5. The smallest absolute Gasteiger partial charge is 0.382 e. The van der Waals surface area contributed by atoms with E-state index in [9.17, 15) is 41.0 Å². The molecule has 0 aliphatic heterocycles. The molecule has 1 atom stereocenters. The van der Waals surface area contributed by atoms with E-state index in [4.69, 9.17) is 23.2 Å². The first kappa shape index (κ1) is 30.1. The lowest BCUT2D eigenvalue weighted by atomic mass is 10.1. The Bertz CT molecular complexity index is 1610. The summed E-state index contributed by atoms with van der Waals surface area (Å²) in [6.07, 6.45) is -11.5. The van der Waals surface area contributed by atoms with Crippen LogP contribution in [0.5, 0.6) is 0 Å². The Morgan fingerprint density at radius 1 is 1.02 bits per heavy atom. The lowest BCUT2D eigenvalue weighted by Gasteiger charge is -2.15. The minimum atomic E-state index is -5.02. The van der Waals surface area contributed by atoms with Crippen molar-refractivity contribution >= 4 is 29.1 Å². The summed E-state index contributed by atoms with van der Waals surface area (Å²) in [7, 11) is 0. The summed E-state index contributed by atoms with van der Waals surface area (Å²) < 4.78 is 79.4. The Kier molecular flexibility index (Phi) is 8.46. The van der Waals surface area contributed by atoms with E-state index >= 15 is 0 Å². The molecule has 0 fully saturated rings. The molecule has 2 heterocycles. The van der Waals surface area contributed by atoms with Gasteiger partial charge >= 0.3 is 18.0 Å². The standard InChI is InChI=1S/C23H17Cl2F6N7O3/c24-13-6-4-12(5-7-13)19-35-37(21(41)36(19)8-16(39)23(29,30)31)9-17-33-11-38(34-17)18-14(2-1-3-15(18)25)20(40)32-10-22(26,27)28/h1-7,11,16,39H,8-10H2,(H,32,40). The zero-order chi connectivity index (χ0) is 30.1. The molecule has 2 aromatic heterocycles. The molecule has 2 aromatic carbocycles. The molecule has 0 aliphatic rings. The van der Waals surface area contributed by atoms with Crippen molar-refractivity contribution in [2.24, 2.45) is 0 Å². The van der Waals surface area contributed by atoms with Crippen molar-refractivity contribution in [2.45, 2.75) is 31.5 Å². The number of nitrogens with zero attached hydrogens (tertiary/aromatic N) is 6. The fourth-order valence-electron chi connectivity index (χ4n) is 3.62. The van der Waals surface area contributed by atoms with Gasteiger partial charge in [-0.25, -0.2) is 19.1 Å². The van der Waals surface area contributed by atoms with Crippen molar-refractivity contribution in [3.63, 3.8) is 0 Å². The molecule has 4 aromatic rings. The van der Waals surface area contributed by atoms with E-state index in [2.05, 4.69) is 15.2 Å². The van der Waals surface area contributed by atoms with Gasteiger partial charge in [-0.15, -0.1) is 10.2 Å². The Morgan fingerprint density at radius 3 is 2.34 bits per heavy atom. The number of halogens is 8. The van der Waals surface area contributed by atoms with Gasteiger partial charge in [-0.3, -0.25) is 9.36 Å². The van der Waals surface area contributed by atoms with Gasteiger partial charge in [-0.1, -0.05) is 29.3 Å². The van der Waals surface area contributed by atoms with Gasteiger partial charge in [0.1, 0.15) is 19.4 Å². The molecule has 218 valence electrons. The van der Waals surface area contributed by atoms with Gasteiger partial charge in [0.05, 0.1) is 22.8 Å². The molecular weight excluding hydrogens is 607 g/mol.